The molecule has 1 heterocycles. The molecule has 0 aliphatic carbocycles. The van der Waals surface area contributed by atoms with Gasteiger partial charge in [0.15, 0.2) is 11.5 Å². The average molecular weight is 392 g/mol. The molecule has 0 saturated heterocycles. The smallest absolute Gasteiger partial charge is 0.206 e. The quantitative estimate of drug-likeness (QED) is 0.708. The number of rotatable bonds is 5. The molecule has 21 heavy (non-hydrogen) atoms. The Morgan fingerprint density at radius 2 is 1.81 bits per heavy atom. The van der Waals surface area contributed by atoms with Gasteiger partial charge in [0, 0.05) is 4.47 Å². The van der Waals surface area contributed by atoms with E-state index in [1.807, 2.05) is 0 Å². The second-order valence-corrected chi connectivity index (χ2v) is 6.45. The molecular weight excluding hydrogens is 380 g/mol. The van der Waals surface area contributed by atoms with Crippen molar-refractivity contribution < 1.29 is 19.0 Å². The number of ether oxygens (including phenoxy) is 3. The first-order valence-electron chi connectivity index (χ1n) is 5.82. The van der Waals surface area contributed by atoms with Gasteiger partial charge in [0.2, 0.25) is 11.5 Å². The third-order valence-electron chi connectivity index (χ3n) is 2.82. The van der Waals surface area contributed by atoms with E-state index in [0.29, 0.717) is 36.5 Å². The van der Waals surface area contributed by atoms with Gasteiger partial charge in [-0.1, -0.05) is 11.6 Å². The first kappa shape index (κ1) is 16.1. The molecule has 112 valence electrons. The third kappa shape index (κ3) is 3.02. The van der Waals surface area contributed by atoms with Gasteiger partial charge in [-0.05, 0) is 34.1 Å². The zero-order valence-electron chi connectivity index (χ0n) is 11.5. The van der Waals surface area contributed by atoms with E-state index in [4.69, 9.17) is 25.8 Å². The van der Waals surface area contributed by atoms with Crippen LogP contribution in [0.4, 0.5) is 0 Å². The highest BCUT2D eigenvalue weighted by atomic mass is 79.9. The Morgan fingerprint density at radius 1 is 1.14 bits per heavy atom. The summed E-state index contributed by atoms with van der Waals surface area (Å²) in [7, 11) is 4.49. The van der Waals surface area contributed by atoms with Crippen molar-refractivity contribution in [2.75, 3.05) is 21.3 Å². The Kier molecular flexibility index (Phi) is 5.13. The van der Waals surface area contributed by atoms with E-state index >= 15 is 0 Å². The minimum absolute atomic E-state index is 0.189. The molecule has 2 aromatic rings. The Morgan fingerprint density at radius 3 is 2.29 bits per heavy atom. The van der Waals surface area contributed by atoms with E-state index in [0.717, 1.165) is 0 Å². The van der Waals surface area contributed by atoms with Crippen molar-refractivity contribution in [1.29, 1.82) is 0 Å². The molecule has 0 aliphatic rings. The highest BCUT2D eigenvalue weighted by Crippen LogP contribution is 2.42. The van der Waals surface area contributed by atoms with Crippen LogP contribution in [-0.4, -0.2) is 27.1 Å². The molecular formula is C14H12BrClO4S. The predicted molar refractivity (Wildman–Crippen MR) is 86.6 cm³/mol. The van der Waals surface area contributed by atoms with E-state index in [9.17, 15) is 4.79 Å². The van der Waals surface area contributed by atoms with Crippen molar-refractivity contribution in [3.05, 3.63) is 37.4 Å². The molecule has 0 unspecified atom stereocenters. The van der Waals surface area contributed by atoms with Crippen LogP contribution >= 0.6 is 38.9 Å². The molecule has 0 spiro atoms. The second kappa shape index (κ2) is 6.68. The molecule has 0 atom stereocenters. The van der Waals surface area contributed by atoms with Gasteiger partial charge in [-0.25, -0.2) is 0 Å². The fraction of sp³-hybridized carbons (Fsp3) is 0.214. The van der Waals surface area contributed by atoms with Crippen molar-refractivity contribution in [3.63, 3.8) is 0 Å². The molecule has 0 saturated carbocycles. The van der Waals surface area contributed by atoms with Crippen LogP contribution in [-0.2, 0) is 0 Å². The fourth-order valence-electron chi connectivity index (χ4n) is 1.87. The molecule has 4 nitrogen and oxygen atoms in total. The van der Waals surface area contributed by atoms with Crippen molar-refractivity contribution in [2.24, 2.45) is 0 Å². The summed E-state index contributed by atoms with van der Waals surface area (Å²) < 4.78 is 17.0. The highest BCUT2D eigenvalue weighted by Gasteiger charge is 2.23. The fourth-order valence-corrected chi connectivity index (χ4v) is 3.53. The zero-order chi connectivity index (χ0) is 15.6. The highest BCUT2D eigenvalue weighted by molar-refractivity contribution is 9.10. The van der Waals surface area contributed by atoms with E-state index in [-0.39, 0.29) is 5.78 Å². The van der Waals surface area contributed by atoms with Crippen LogP contribution in [0.15, 0.2) is 22.7 Å². The van der Waals surface area contributed by atoms with Gasteiger partial charge in [0.1, 0.15) is 4.34 Å². The van der Waals surface area contributed by atoms with Gasteiger partial charge >= 0.3 is 0 Å². The van der Waals surface area contributed by atoms with Crippen LogP contribution in [0.2, 0.25) is 4.34 Å². The Bertz CT molecular complexity index is 664. The Hall–Kier alpha value is -1.24. The second-order valence-electron chi connectivity index (χ2n) is 3.94. The molecule has 0 amide bonds. The maximum atomic E-state index is 12.6. The van der Waals surface area contributed by atoms with Crippen molar-refractivity contribution >= 4 is 44.7 Å². The van der Waals surface area contributed by atoms with Gasteiger partial charge in [0.05, 0.1) is 31.8 Å². The Labute approximate surface area is 139 Å². The summed E-state index contributed by atoms with van der Waals surface area (Å²) in [4.78, 5) is 13.1. The lowest BCUT2D eigenvalue weighted by Crippen LogP contribution is -2.04. The van der Waals surface area contributed by atoms with E-state index in [2.05, 4.69) is 15.9 Å². The first-order valence-corrected chi connectivity index (χ1v) is 7.80. The molecule has 0 N–H and O–H groups in total. The number of hydrogen-bond donors (Lipinski definition) is 0. The van der Waals surface area contributed by atoms with E-state index in [1.165, 1.54) is 32.7 Å². The molecule has 2 rings (SSSR count). The minimum atomic E-state index is -0.189. The summed E-state index contributed by atoms with van der Waals surface area (Å²) in [5.74, 6) is 1.02. The SMILES string of the molecule is COc1ccc(C(=O)c2cc(Br)c(Cl)s2)c(OC)c1OC. The lowest BCUT2D eigenvalue weighted by molar-refractivity contribution is 0.103. The minimum Gasteiger partial charge on any atom is -0.493 e. The zero-order valence-corrected chi connectivity index (χ0v) is 14.7. The molecule has 0 aliphatic heterocycles. The topological polar surface area (TPSA) is 44.8 Å². The maximum Gasteiger partial charge on any atom is 0.206 e. The van der Waals surface area contributed by atoms with Gasteiger partial charge in [-0.2, -0.15) is 0 Å². The number of benzene rings is 1. The average Bonchev–Trinajstić information content (AvgIpc) is 2.84. The summed E-state index contributed by atoms with van der Waals surface area (Å²) in [5.41, 5.74) is 0.389. The van der Waals surface area contributed by atoms with Gasteiger partial charge in [-0.3, -0.25) is 4.79 Å². The van der Waals surface area contributed by atoms with Crippen LogP contribution in [0.5, 0.6) is 17.2 Å². The van der Waals surface area contributed by atoms with E-state index < -0.39 is 0 Å². The van der Waals surface area contributed by atoms with Crippen molar-refractivity contribution in [3.8, 4) is 17.2 Å². The predicted octanol–water partition coefficient (Wildman–Crippen LogP) is 4.42. The number of methoxy groups -OCH3 is 3. The summed E-state index contributed by atoms with van der Waals surface area (Å²) in [6.07, 6.45) is 0. The van der Waals surface area contributed by atoms with Gasteiger partial charge in [-0.15, -0.1) is 11.3 Å². The largest absolute Gasteiger partial charge is 0.493 e. The number of ketones is 1. The first-order chi connectivity index (χ1) is 10.0. The number of halogens is 2. The number of hydrogen-bond acceptors (Lipinski definition) is 5. The maximum absolute atomic E-state index is 12.6. The summed E-state index contributed by atoms with van der Waals surface area (Å²) >= 11 is 10.5. The summed E-state index contributed by atoms with van der Waals surface area (Å²) in [5, 5.41) is 0. The van der Waals surface area contributed by atoms with Crippen LogP contribution in [0.25, 0.3) is 0 Å². The van der Waals surface area contributed by atoms with Crippen LogP contribution in [0.3, 0.4) is 0 Å². The van der Waals surface area contributed by atoms with E-state index in [1.54, 1.807) is 18.2 Å². The van der Waals surface area contributed by atoms with Crippen LogP contribution < -0.4 is 14.2 Å². The normalized spacial score (nSPS) is 10.3. The molecule has 1 aromatic heterocycles. The van der Waals surface area contributed by atoms with Gasteiger partial charge in [0.25, 0.3) is 0 Å². The summed E-state index contributed by atoms with van der Waals surface area (Å²) in [6.45, 7) is 0. The standard InChI is InChI=1S/C14H12BrClO4S/c1-18-9-5-4-7(12(19-2)13(9)20-3)11(17)10-6-8(15)14(16)21-10/h4-6H,1-3H3. The van der Waals surface area contributed by atoms with Gasteiger partial charge < -0.3 is 14.2 Å². The van der Waals surface area contributed by atoms with Crippen LogP contribution in [0.1, 0.15) is 15.2 Å². The van der Waals surface area contributed by atoms with Crippen molar-refractivity contribution in [2.45, 2.75) is 0 Å². The molecule has 0 fully saturated rings. The molecule has 0 bridgehead atoms. The monoisotopic (exact) mass is 390 g/mol. The summed E-state index contributed by atoms with van der Waals surface area (Å²) in [6, 6.07) is 4.99. The third-order valence-corrected chi connectivity index (χ3v) is 5.29. The number of carbonyl (C=O) groups is 1. The lowest BCUT2D eigenvalue weighted by atomic mass is 10.1. The van der Waals surface area contributed by atoms with Crippen LogP contribution in [0, 0.1) is 0 Å². The molecule has 7 heteroatoms. The number of thiophene rings is 1. The van der Waals surface area contributed by atoms with Crippen molar-refractivity contribution in [1.82, 2.24) is 0 Å². The number of carbonyl (C=O) groups excluding carboxylic acids is 1. The lowest BCUT2D eigenvalue weighted by Gasteiger charge is -2.14. The molecule has 1 aromatic carbocycles. The molecule has 0 radical (unpaired) electrons. The Balaban J connectivity index is 2.55.